The SMILES string of the molecule is CCc1ccc(NC(C#N)=C(C#N)C#N)c(O)c1. The van der Waals surface area contributed by atoms with Crippen LogP contribution < -0.4 is 5.32 Å². The van der Waals surface area contributed by atoms with E-state index in [1.807, 2.05) is 6.92 Å². The van der Waals surface area contributed by atoms with E-state index < -0.39 is 0 Å². The van der Waals surface area contributed by atoms with E-state index in [-0.39, 0.29) is 22.7 Å². The third-order valence-corrected chi connectivity index (χ3v) is 2.32. The van der Waals surface area contributed by atoms with Gasteiger partial charge in [-0.15, -0.1) is 0 Å². The zero-order chi connectivity index (χ0) is 13.5. The molecular formula is C13H10N4O. The van der Waals surface area contributed by atoms with Gasteiger partial charge in [0.25, 0.3) is 0 Å². The molecule has 0 unspecified atom stereocenters. The number of anilines is 1. The summed E-state index contributed by atoms with van der Waals surface area (Å²) in [6, 6.07) is 9.90. The fraction of sp³-hybridized carbons (Fsp3) is 0.154. The predicted octanol–water partition coefficient (Wildman–Crippen LogP) is 2.19. The molecule has 0 amide bonds. The smallest absolute Gasteiger partial charge is 0.163 e. The van der Waals surface area contributed by atoms with Crippen LogP contribution in [0.15, 0.2) is 29.5 Å². The summed E-state index contributed by atoms with van der Waals surface area (Å²) in [6.07, 6.45) is 0.774. The maximum absolute atomic E-state index is 9.73. The lowest BCUT2D eigenvalue weighted by Gasteiger charge is -2.08. The van der Waals surface area contributed by atoms with E-state index in [9.17, 15) is 5.11 Å². The minimum absolute atomic E-state index is 0.0303. The molecule has 0 aliphatic carbocycles. The van der Waals surface area contributed by atoms with E-state index >= 15 is 0 Å². The molecule has 5 nitrogen and oxygen atoms in total. The number of nitrogens with zero attached hydrogens (tertiary/aromatic N) is 3. The Bertz CT molecular complexity index is 595. The summed E-state index contributed by atoms with van der Waals surface area (Å²) in [5.74, 6) is -0.0303. The number of phenols is 1. The minimum atomic E-state index is -0.323. The van der Waals surface area contributed by atoms with Crippen LogP contribution in [0.25, 0.3) is 0 Å². The normalized spacial score (nSPS) is 8.56. The van der Waals surface area contributed by atoms with Gasteiger partial charge in [-0.3, -0.25) is 0 Å². The van der Waals surface area contributed by atoms with Gasteiger partial charge < -0.3 is 10.4 Å². The first-order valence-electron chi connectivity index (χ1n) is 5.19. The second-order valence-corrected chi connectivity index (χ2v) is 3.42. The van der Waals surface area contributed by atoms with Crippen LogP contribution in [-0.2, 0) is 6.42 Å². The van der Waals surface area contributed by atoms with E-state index in [0.717, 1.165) is 12.0 Å². The molecule has 0 fully saturated rings. The quantitative estimate of drug-likeness (QED) is 0.620. The van der Waals surface area contributed by atoms with Crippen LogP contribution in [0.5, 0.6) is 5.75 Å². The average Bonchev–Trinajstić information content (AvgIpc) is 2.40. The van der Waals surface area contributed by atoms with Crippen LogP contribution in [0, 0.1) is 34.0 Å². The first-order valence-corrected chi connectivity index (χ1v) is 5.19. The van der Waals surface area contributed by atoms with Gasteiger partial charge in [0, 0.05) is 0 Å². The van der Waals surface area contributed by atoms with Crippen molar-refractivity contribution in [3.8, 4) is 24.0 Å². The first-order chi connectivity index (χ1) is 8.65. The predicted molar refractivity (Wildman–Crippen MR) is 65.0 cm³/mol. The number of hydrogen-bond acceptors (Lipinski definition) is 5. The fourth-order valence-corrected chi connectivity index (χ4v) is 1.32. The van der Waals surface area contributed by atoms with E-state index in [1.165, 1.54) is 0 Å². The lowest BCUT2D eigenvalue weighted by atomic mass is 10.1. The summed E-state index contributed by atoms with van der Waals surface area (Å²) < 4.78 is 0. The maximum Gasteiger partial charge on any atom is 0.163 e. The standard InChI is InChI=1S/C13H10N4O/c1-2-9-3-4-11(13(18)5-9)17-12(8-16)10(6-14)7-15/h3-5,17-18H,2H2,1H3. The second-order valence-electron chi connectivity index (χ2n) is 3.42. The Kier molecular flexibility index (Phi) is 4.32. The number of rotatable bonds is 3. The van der Waals surface area contributed by atoms with E-state index in [4.69, 9.17) is 15.8 Å². The Morgan fingerprint density at radius 3 is 2.33 bits per heavy atom. The first kappa shape index (κ1) is 13.1. The van der Waals surface area contributed by atoms with Crippen LogP contribution in [-0.4, -0.2) is 5.11 Å². The number of nitrogens with one attached hydrogen (secondary N) is 1. The molecule has 0 aromatic heterocycles. The lowest BCUT2D eigenvalue weighted by molar-refractivity contribution is 0.477. The van der Waals surface area contributed by atoms with Crippen molar-refractivity contribution in [3.05, 3.63) is 35.0 Å². The summed E-state index contributed by atoms with van der Waals surface area (Å²) in [7, 11) is 0. The van der Waals surface area contributed by atoms with Gasteiger partial charge in [0.1, 0.15) is 29.7 Å². The molecule has 0 heterocycles. The molecule has 1 aromatic carbocycles. The summed E-state index contributed by atoms with van der Waals surface area (Å²) >= 11 is 0. The minimum Gasteiger partial charge on any atom is -0.506 e. The molecule has 0 aliphatic heterocycles. The number of benzene rings is 1. The van der Waals surface area contributed by atoms with Crippen molar-refractivity contribution < 1.29 is 5.11 Å². The van der Waals surface area contributed by atoms with E-state index in [1.54, 1.807) is 36.4 Å². The third kappa shape index (κ3) is 2.78. The highest BCUT2D eigenvalue weighted by atomic mass is 16.3. The van der Waals surface area contributed by atoms with Crippen molar-refractivity contribution in [2.75, 3.05) is 5.32 Å². The van der Waals surface area contributed by atoms with Crippen molar-refractivity contribution in [2.24, 2.45) is 0 Å². The number of hydrogen-bond donors (Lipinski definition) is 2. The molecule has 5 heteroatoms. The van der Waals surface area contributed by atoms with Crippen molar-refractivity contribution in [3.63, 3.8) is 0 Å². The fourth-order valence-electron chi connectivity index (χ4n) is 1.32. The van der Waals surface area contributed by atoms with Gasteiger partial charge >= 0.3 is 0 Å². The van der Waals surface area contributed by atoms with Crippen LogP contribution in [0.3, 0.4) is 0 Å². The third-order valence-electron chi connectivity index (χ3n) is 2.32. The van der Waals surface area contributed by atoms with Crippen LogP contribution in [0.1, 0.15) is 12.5 Å². The molecule has 0 spiro atoms. The molecule has 1 rings (SSSR count). The molecule has 0 atom stereocenters. The Hall–Kier alpha value is -2.97. The molecule has 88 valence electrons. The second kappa shape index (κ2) is 5.94. The van der Waals surface area contributed by atoms with Crippen LogP contribution in [0.4, 0.5) is 5.69 Å². The van der Waals surface area contributed by atoms with Crippen molar-refractivity contribution >= 4 is 5.69 Å². The monoisotopic (exact) mass is 238 g/mol. The van der Waals surface area contributed by atoms with Gasteiger partial charge in [0.15, 0.2) is 5.57 Å². The molecule has 0 aliphatic rings. The van der Waals surface area contributed by atoms with Crippen LogP contribution in [0.2, 0.25) is 0 Å². The highest BCUT2D eigenvalue weighted by molar-refractivity contribution is 5.64. The molecule has 0 bridgehead atoms. The van der Waals surface area contributed by atoms with E-state index in [0.29, 0.717) is 0 Å². The van der Waals surface area contributed by atoms with Crippen molar-refractivity contribution in [2.45, 2.75) is 13.3 Å². The average molecular weight is 238 g/mol. The summed E-state index contributed by atoms with van der Waals surface area (Å²) in [4.78, 5) is 0. The van der Waals surface area contributed by atoms with Crippen molar-refractivity contribution in [1.29, 1.82) is 15.8 Å². The largest absolute Gasteiger partial charge is 0.506 e. The van der Waals surface area contributed by atoms with Crippen LogP contribution >= 0.6 is 0 Å². The molecule has 18 heavy (non-hydrogen) atoms. The van der Waals surface area contributed by atoms with Gasteiger partial charge in [-0.2, -0.15) is 15.8 Å². The highest BCUT2D eigenvalue weighted by Gasteiger charge is 2.09. The van der Waals surface area contributed by atoms with Gasteiger partial charge in [-0.1, -0.05) is 13.0 Å². The number of nitriles is 3. The zero-order valence-electron chi connectivity index (χ0n) is 9.73. The summed E-state index contributed by atoms with van der Waals surface area (Å²) in [5, 5.41) is 38.5. The number of phenolic OH excluding ortho intramolecular Hbond substituents is 1. The van der Waals surface area contributed by atoms with Gasteiger partial charge in [0.2, 0.25) is 0 Å². The number of aryl methyl sites for hydroxylation is 1. The maximum atomic E-state index is 9.73. The Morgan fingerprint density at radius 2 is 1.89 bits per heavy atom. The Labute approximate surface area is 105 Å². The van der Waals surface area contributed by atoms with E-state index in [2.05, 4.69) is 5.32 Å². The molecule has 0 saturated carbocycles. The molecule has 0 radical (unpaired) electrons. The Morgan fingerprint density at radius 1 is 1.22 bits per heavy atom. The highest BCUT2D eigenvalue weighted by Crippen LogP contribution is 2.26. The number of allylic oxidation sites excluding steroid dienone is 2. The molecule has 1 aromatic rings. The van der Waals surface area contributed by atoms with Gasteiger partial charge in [0.05, 0.1) is 5.69 Å². The van der Waals surface area contributed by atoms with Gasteiger partial charge in [-0.05, 0) is 24.1 Å². The topological polar surface area (TPSA) is 104 Å². The summed E-state index contributed by atoms with van der Waals surface area (Å²) in [5.41, 5.74) is 0.726. The van der Waals surface area contributed by atoms with Gasteiger partial charge in [-0.25, -0.2) is 0 Å². The Balaban J connectivity index is 3.14. The molecular weight excluding hydrogens is 228 g/mol. The number of aromatic hydroxyl groups is 1. The van der Waals surface area contributed by atoms with Crippen molar-refractivity contribution in [1.82, 2.24) is 0 Å². The lowest BCUT2D eigenvalue weighted by Crippen LogP contribution is -2.01. The molecule has 0 saturated heterocycles. The summed E-state index contributed by atoms with van der Waals surface area (Å²) in [6.45, 7) is 1.95. The zero-order valence-corrected chi connectivity index (χ0v) is 9.73. The molecule has 2 N–H and O–H groups in total.